The Balaban J connectivity index is 1.21. The maximum atomic E-state index is 12.3. The summed E-state index contributed by atoms with van der Waals surface area (Å²) in [4.78, 5) is 29.8. The molecule has 4 aromatic rings. The van der Waals surface area contributed by atoms with Gasteiger partial charge in [-0.3, -0.25) is 19.8 Å². The number of hydrogen-bond donors (Lipinski definition) is 1. The molecule has 9 nitrogen and oxygen atoms in total. The van der Waals surface area contributed by atoms with Gasteiger partial charge in [-0.1, -0.05) is 30.3 Å². The van der Waals surface area contributed by atoms with Crippen LogP contribution in [0.5, 0.6) is 5.75 Å². The number of anilines is 1. The van der Waals surface area contributed by atoms with Gasteiger partial charge in [-0.05, 0) is 35.9 Å². The fourth-order valence-electron chi connectivity index (χ4n) is 4.13. The molecule has 3 aromatic carbocycles. The topological polar surface area (TPSA) is 103 Å². The summed E-state index contributed by atoms with van der Waals surface area (Å²) >= 11 is 0. The van der Waals surface area contributed by atoms with Crippen molar-refractivity contribution in [3.05, 3.63) is 94.3 Å². The van der Waals surface area contributed by atoms with Crippen LogP contribution in [0.4, 0.5) is 11.4 Å². The number of fused-ring (bicyclic) bond motifs is 3. The molecular weight excluding hydrogens is 434 g/mol. The van der Waals surface area contributed by atoms with Gasteiger partial charge in [0.1, 0.15) is 11.6 Å². The van der Waals surface area contributed by atoms with Crippen LogP contribution in [-0.2, 0) is 24.4 Å². The minimum absolute atomic E-state index is 0.0314. The number of hydrogen-bond acceptors (Lipinski definition) is 6. The number of ether oxygens (including phenoxy) is 1. The Bertz CT molecular complexity index is 1330. The summed E-state index contributed by atoms with van der Waals surface area (Å²) in [6.07, 6.45) is 0. The molecule has 2 heterocycles. The lowest BCUT2D eigenvalue weighted by Crippen LogP contribution is -2.33. The van der Waals surface area contributed by atoms with E-state index in [1.165, 1.54) is 29.8 Å². The zero-order valence-electron chi connectivity index (χ0n) is 18.4. The fourth-order valence-corrected chi connectivity index (χ4v) is 4.13. The summed E-state index contributed by atoms with van der Waals surface area (Å²) in [7, 11) is 0. The van der Waals surface area contributed by atoms with Gasteiger partial charge in [0.05, 0.1) is 22.5 Å². The van der Waals surface area contributed by atoms with Crippen molar-refractivity contribution in [2.45, 2.75) is 19.6 Å². The van der Waals surface area contributed by atoms with Crippen LogP contribution in [0.2, 0.25) is 0 Å². The van der Waals surface area contributed by atoms with E-state index in [9.17, 15) is 14.9 Å². The van der Waals surface area contributed by atoms with Crippen LogP contribution in [0.15, 0.2) is 72.8 Å². The van der Waals surface area contributed by atoms with Gasteiger partial charge in [0, 0.05) is 37.5 Å². The van der Waals surface area contributed by atoms with E-state index in [2.05, 4.69) is 39.0 Å². The van der Waals surface area contributed by atoms with Gasteiger partial charge in [0.15, 0.2) is 6.61 Å². The average molecular weight is 457 g/mol. The van der Waals surface area contributed by atoms with Gasteiger partial charge in [-0.25, -0.2) is 4.98 Å². The minimum Gasteiger partial charge on any atom is -0.484 e. The predicted molar refractivity (Wildman–Crippen MR) is 128 cm³/mol. The van der Waals surface area contributed by atoms with Crippen molar-refractivity contribution in [3.8, 4) is 5.75 Å². The van der Waals surface area contributed by atoms with Gasteiger partial charge in [0.25, 0.3) is 11.6 Å². The van der Waals surface area contributed by atoms with E-state index < -0.39 is 4.92 Å². The van der Waals surface area contributed by atoms with Crippen molar-refractivity contribution in [1.29, 1.82) is 0 Å². The quantitative estimate of drug-likeness (QED) is 0.333. The van der Waals surface area contributed by atoms with Gasteiger partial charge in [0.2, 0.25) is 0 Å². The molecule has 9 heteroatoms. The number of nitrogens with one attached hydrogen (secondary N) is 1. The molecule has 0 saturated carbocycles. The molecule has 0 bridgehead atoms. The highest BCUT2D eigenvalue weighted by Gasteiger charge is 2.20. The molecule has 0 saturated heterocycles. The first-order valence-electron chi connectivity index (χ1n) is 11.0. The first-order valence-corrected chi connectivity index (χ1v) is 11.0. The molecule has 1 N–H and O–H groups in total. The number of nitro benzene ring substituents is 1. The van der Waals surface area contributed by atoms with Gasteiger partial charge in [-0.15, -0.1) is 0 Å². The first-order chi connectivity index (χ1) is 16.5. The van der Waals surface area contributed by atoms with E-state index in [0.717, 1.165) is 43.0 Å². The zero-order valence-corrected chi connectivity index (χ0v) is 18.4. The van der Waals surface area contributed by atoms with Crippen molar-refractivity contribution < 1.29 is 14.5 Å². The van der Waals surface area contributed by atoms with Crippen molar-refractivity contribution in [2.75, 3.05) is 18.5 Å². The largest absolute Gasteiger partial charge is 0.484 e. The normalized spacial score (nSPS) is 13.4. The molecule has 0 atom stereocenters. The lowest BCUT2D eigenvalue weighted by atomic mass is 10.2. The first kappa shape index (κ1) is 21.6. The van der Waals surface area contributed by atoms with Crippen molar-refractivity contribution in [2.24, 2.45) is 0 Å². The van der Waals surface area contributed by atoms with E-state index >= 15 is 0 Å². The molecule has 0 fully saturated rings. The second kappa shape index (κ2) is 9.32. The van der Waals surface area contributed by atoms with Crippen LogP contribution in [0, 0.1) is 10.1 Å². The molecule has 0 spiro atoms. The van der Waals surface area contributed by atoms with Crippen LogP contribution in [-0.4, -0.2) is 38.4 Å². The van der Waals surface area contributed by atoms with Crippen LogP contribution >= 0.6 is 0 Å². The van der Waals surface area contributed by atoms with Crippen molar-refractivity contribution >= 4 is 28.3 Å². The number of non-ortho nitro benzene ring substituents is 1. The van der Waals surface area contributed by atoms with E-state index in [1.54, 1.807) is 0 Å². The molecule has 1 amide bonds. The van der Waals surface area contributed by atoms with Crippen LogP contribution in [0.25, 0.3) is 11.0 Å². The number of imidazole rings is 1. The second-order valence-corrected chi connectivity index (χ2v) is 8.17. The third kappa shape index (κ3) is 4.74. The number of carbonyl (C=O) groups is 1. The number of nitrogens with zero attached hydrogens (tertiary/aromatic N) is 4. The van der Waals surface area contributed by atoms with Crippen LogP contribution in [0.3, 0.4) is 0 Å². The molecule has 5 rings (SSSR count). The summed E-state index contributed by atoms with van der Waals surface area (Å²) in [5.41, 5.74) is 3.78. The number of aromatic nitrogens is 2. The molecule has 172 valence electrons. The summed E-state index contributed by atoms with van der Waals surface area (Å²) in [5.74, 6) is 1.08. The number of amides is 1. The molecule has 1 aliphatic rings. The average Bonchev–Trinajstić information content (AvgIpc) is 3.20. The van der Waals surface area contributed by atoms with Gasteiger partial charge < -0.3 is 14.6 Å². The number of rotatable bonds is 7. The molecule has 34 heavy (non-hydrogen) atoms. The summed E-state index contributed by atoms with van der Waals surface area (Å²) in [6, 6.07) is 21.7. The molecule has 0 aliphatic carbocycles. The predicted octanol–water partition coefficient (Wildman–Crippen LogP) is 3.98. The maximum Gasteiger partial charge on any atom is 0.269 e. The molecular formula is C25H23N5O4. The van der Waals surface area contributed by atoms with Crippen LogP contribution in [0.1, 0.15) is 11.4 Å². The van der Waals surface area contributed by atoms with E-state index in [4.69, 9.17) is 9.72 Å². The summed E-state index contributed by atoms with van der Waals surface area (Å²) in [5, 5.41) is 13.5. The van der Waals surface area contributed by atoms with Gasteiger partial charge in [-0.2, -0.15) is 0 Å². The van der Waals surface area contributed by atoms with Crippen molar-refractivity contribution in [3.63, 3.8) is 0 Å². The smallest absolute Gasteiger partial charge is 0.269 e. The molecule has 1 aromatic heterocycles. The van der Waals surface area contributed by atoms with E-state index in [1.807, 2.05) is 24.3 Å². The third-order valence-corrected chi connectivity index (χ3v) is 5.78. The maximum absolute atomic E-state index is 12.3. The molecule has 0 radical (unpaired) electrons. The summed E-state index contributed by atoms with van der Waals surface area (Å²) in [6.45, 7) is 3.28. The van der Waals surface area contributed by atoms with Crippen molar-refractivity contribution in [1.82, 2.24) is 14.5 Å². The van der Waals surface area contributed by atoms with E-state index in [-0.39, 0.29) is 18.2 Å². The summed E-state index contributed by atoms with van der Waals surface area (Å²) < 4.78 is 7.67. The fraction of sp³-hybridized carbons (Fsp3) is 0.200. The lowest BCUT2D eigenvalue weighted by Gasteiger charge is -2.27. The molecule has 0 unspecified atom stereocenters. The Labute approximate surface area is 195 Å². The highest BCUT2D eigenvalue weighted by Crippen LogP contribution is 2.25. The van der Waals surface area contributed by atoms with E-state index in [0.29, 0.717) is 11.4 Å². The Morgan fingerprint density at radius 1 is 1.06 bits per heavy atom. The number of benzene rings is 3. The number of nitro groups is 1. The Morgan fingerprint density at radius 2 is 1.85 bits per heavy atom. The zero-order chi connectivity index (χ0) is 23.5. The Morgan fingerprint density at radius 3 is 2.62 bits per heavy atom. The highest BCUT2D eigenvalue weighted by molar-refractivity contribution is 5.94. The van der Waals surface area contributed by atoms with Gasteiger partial charge >= 0.3 is 0 Å². The monoisotopic (exact) mass is 457 g/mol. The Kier molecular flexibility index (Phi) is 5.92. The second-order valence-electron chi connectivity index (χ2n) is 8.17. The third-order valence-electron chi connectivity index (χ3n) is 5.78. The van der Waals surface area contributed by atoms with Crippen LogP contribution < -0.4 is 10.1 Å². The molecule has 1 aliphatic heterocycles. The lowest BCUT2D eigenvalue weighted by molar-refractivity contribution is -0.384. The number of carbonyl (C=O) groups excluding carboxylic acids is 1. The standard InChI is InChI=1S/C25H23N5O4/c31-25(17-34-21-9-7-20(8-10-21)30(32)33)26-19-6-11-23-22(14-19)27-24-16-28(12-13-29(23)24)15-18-4-2-1-3-5-18/h1-11,14H,12-13,15-17H2,(H,26,31). The SMILES string of the molecule is O=C(COc1ccc([N+](=O)[O-])cc1)Nc1ccc2c(c1)nc1n2CCN(Cc2ccccc2)C1. The highest BCUT2D eigenvalue weighted by atomic mass is 16.6. The Hall–Kier alpha value is -4.24. The minimum atomic E-state index is -0.485.